The van der Waals surface area contributed by atoms with E-state index in [1.165, 1.54) is 0 Å². The van der Waals surface area contributed by atoms with Crippen molar-refractivity contribution in [2.45, 2.75) is 37.5 Å². The van der Waals surface area contributed by atoms with Crippen molar-refractivity contribution in [1.29, 1.82) is 5.26 Å². The topological polar surface area (TPSA) is 77.2 Å². The van der Waals surface area contributed by atoms with Gasteiger partial charge < -0.3 is 10.2 Å². The summed E-state index contributed by atoms with van der Waals surface area (Å²) in [6, 6.07) is 10.8. The summed E-state index contributed by atoms with van der Waals surface area (Å²) in [5.41, 5.74) is 1.23. The summed E-state index contributed by atoms with van der Waals surface area (Å²) >= 11 is 0. The summed E-state index contributed by atoms with van der Waals surface area (Å²) in [6.07, 6.45) is 1.92. The molecule has 2 aromatic rings. The molecule has 0 aliphatic carbocycles. The van der Waals surface area contributed by atoms with Gasteiger partial charge in [0.15, 0.2) is 5.69 Å². The van der Waals surface area contributed by atoms with Crippen LogP contribution in [0.1, 0.15) is 23.3 Å². The van der Waals surface area contributed by atoms with Crippen LogP contribution >= 0.6 is 0 Å². The molecule has 0 saturated carbocycles. The Bertz CT molecular complexity index is 853. The molecule has 2 fully saturated rings. The Kier molecular flexibility index (Phi) is 4.39. The molecule has 0 spiro atoms. The predicted octanol–water partition coefficient (Wildman–Crippen LogP) is 1.07. The maximum absolute atomic E-state index is 12.9. The van der Waals surface area contributed by atoms with Crippen molar-refractivity contribution in [3.63, 3.8) is 0 Å². The van der Waals surface area contributed by atoms with Gasteiger partial charge in [-0.1, -0.05) is 18.2 Å². The van der Waals surface area contributed by atoms with E-state index < -0.39 is 0 Å². The zero-order valence-corrected chi connectivity index (χ0v) is 15.2. The number of para-hydroxylation sites is 1. The van der Waals surface area contributed by atoms with Crippen molar-refractivity contribution >= 4 is 16.8 Å². The molecule has 0 unspecified atom stereocenters. The largest absolute Gasteiger partial charge is 0.348 e. The van der Waals surface area contributed by atoms with Crippen LogP contribution in [-0.2, 0) is 6.54 Å². The van der Waals surface area contributed by atoms with Crippen LogP contribution in [0.3, 0.4) is 0 Å². The van der Waals surface area contributed by atoms with E-state index in [4.69, 9.17) is 5.26 Å². The molecule has 0 radical (unpaired) electrons. The Morgan fingerprint density at radius 3 is 2.65 bits per heavy atom. The van der Waals surface area contributed by atoms with Crippen LogP contribution in [0.25, 0.3) is 10.9 Å². The first-order valence-corrected chi connectivity index (χ1v) is 9.10. The van der Waals surface area contributed by atoms with Crippen molar-refractivity contribution < 1.29 is 4.79 Å². The van der Waals surface area contributed by atoms with Crippen LogP contribution < -0.4 is 5.32 Å². The molecule has 3 heterocycles. The van der Waals surface area contributed by atoms with E-state index in [2.05, 4.69) is 40.4 Å². The molecule has 1 N–H and O–H groups in total. The van der Waals surface area contributed by atoms with E-state index in [1.807, 2.05) is 24.3 Å². The molecule has 1 aromatic carbocycles. The number of benzene rings is 1. The van der Waals surface area contributed by atoms with E-state index in [0.717, 1.165) is 36.8 Å². The van der Waals surface area contributed by atoms with Gasteiger partial charge in [-0.2, -0.15) is 10.4 Å². The number of nitriles is 1. The van der Waals surface area contributed by atoms with Crippen molar-refractivity contribution in [3.05, 3.63) is 30.0 Å². The number of hydrogen-bond donors (Lipinski definition) is 1. The first-order valence-electron chi connectivity index (χ1n) is 9.10. The summed E-state index contributed by atoms with van der Waals surface area (Å²) in [5.74, 6) is -0.140. The lowest BCUT2D eigenvalue weighted by Crippen LogP contribution is -2.63. The number of hydrogen-bond acceptors (Lipinski definition) is 5. The van der Waals surface area contributed by atoms with E-state index in [9.17, 15) is 4.79 Å². The predicted molar refractivity (Wildman–Crippen MR) is 98.7 cm³/mol. The average Bonchev–Trinajstić information content (AvgIpc) is 2.96. The van der Waals surface area contributed by atoms with Crippen LogP contribution in [0, 0.1) is 11.3 Å². The number of amides is 1. The van der Waals surface area contributed by atoms with Crippen molar-refractivity contribution in [1.82, 2.24) is 24.9 Å². The van der Waals surface area contributed by atoms with Crippen LogP contribution in [0.15, 0.2) is 24.3 Å². The van der Waals surface area contributed by atoms with E-state index in [0.29, 0.717) is 17.8 Å². The number of aromatic nitrogens is 2. The second-order valence-electron chi connectivity index (χ2n) is 7.52. The van der Waals surface area contributed by atoms with E-state index in [-0.39, 0.29) is 18.5 Å². The van der Waals surface area contributed by atoms with Gasteiger partial charge >= 0.3 is 0 Å². The van der Waals surface area contributed by atoms with Crippen molar-refractivity contribution in [2.75, 3.05) is 27.2 Å². The van der Waals surface area contributed by atoms with Gasteiger partial charge in [0.1, 0.15) is 6.54 Å². The van der Waals surface area contributed by atoms with E-state index in [1.54, 1.807) is 4.68 Å². The Morgan fingerprint density at radius 2 is 1.96 bits per heavy atom. The number of fused-ring (bicyclic) bond motifs is 3. The van der Waals surface area contributed by atoms with Gasteiger partial charge in [0.25, 0.3) is 5.91 Å². The first kappa shape index (κ1) is 17.0. The average molecular weight is 352 g/mol. The van der Waals surface area contributed by atoms with Gasteiger partial charge in [-0.25, -0.2) is 4.68 Å². The smallest absolute Gasteiger partial charge is 0.272 e. The van der Waals surface area contributed by atoms with Crippen LogP contribution in [0.4, 0.5) is 0 Å². The molecule has 3 atom stereocenters. The maximum Gasteiger partial charge on any atom is 0.272 e. The molecule has 2 saturated heterocycles. The van der Waals surface area contributed by atoms with Gasteiger partial charge in [-0.05, 0) is 33.0 Å². The molecule has 7 heteroatoms. The number of nitrogens with zero attached hydrogens (tertiary/aromatic N) is 5. The highest BCUT2D eigenvalue weighted by molar-refractivity contribution is 6.05. The summed E-state index contributed by atoms with van der Waals surface area (Å²) in [5, 5.41) is 17.4. The van der Waals surface area contributed by atoms with E-state index >= 15 is 0 Å². The lowest BCUT2D eigenvalue weighted by molar-refractivity contribution is 0.00837. The minimum atomic E-state index is -0.140. The van der Waals surface area contributed by atoms with Crippen LogP contribution in [-0.4, -0.2) is 70.8 Å². The van der Waals surface area contributed by atoms with Gasteiger partial charge in [-0.3, -0.25) is 9.69 Å². The number of piperazine rings is 1. The Labute approximate surface area is 153 Å². The monoisotopic (exact) mass is 352 g/mol. The Balaban J connectivity index is 1.54. The molecular formula is C19H24N6O. The number of carbonyl (C=O) groups excluding carboxylic acids is 1. The van der Waals surface area contributed by atoms with Gasteiger partial charge in [-0.15, -0.1) is 0 Å². The molecule has 136 valence electrons. The highest BCUT2D eigenvalue weighted by Crippen LogP contribution is 2.27. The minimum absolute atomic E-state index is 0.137. The normalized spacial score (nSPS) is 26.6. The summed E-state index contributed by atoms with van der Waals surface area (Å²) in [4.78, 5) is 17.8. The molecule has 7 nitrogen and oxygen atoms in total. The SMILES string of the molecule is CN1C[C@H]2C[C@@H](NC(=O)c3nn(CC#N)c4ccccc34)C[C@@H](C1)N2C. The highest BCUT2D eigenvalue weighted by Gasteiger charge is 2.38. The molecule has 2 aliphatic heterocycles. The zero-order chi connectivity index (χ0) is 18.3. The second-order valence-corrected chi connectivity index (χ2v) is 7.52. The lowest BCUT2D eigenvalue weighted by atomic mass is 9.88. The number of piperidine rings is 1. The van der Waals surface area contributed by atoms with Crippen LogP contribution in [0.5, 0.6) is 0 Å². The molecule has 2 bridgehead atoms. The standard InChI is InChI=1S/C19H24N6O/c1-23-11-14-9-13(10-15(12-23)24(14)2)21-19(26)18-16-5-3-4-6-17(16)25(22-18)8-7-20/h3-6,13-15H,8-12H2,1-2H3,(H,21,26)/t13-,14-,15+. The lowest BCUT2D eigenvalue weighted by Gasteiger charge is -2.50. The number of likely N-dealkylation sites (tertiary alicyclic amines) is 1. The third-order valence-electron chi connectivity index (χ3n) is 5.74. The Morgan fingerprint density at radius 1 is 1.27 bits per heavy atom. The molecule has 1 aromatic heterocycles. The minimum Gasteiger partial charge on any atom is -0.348 e. The molecule has 1 amide bonds. The van der Waals surface area contributed by atoms with Gasteiger partial charge in [0.2, 0.25) is 0 Å². The fraction of sp³-hybridized carbons (Fsp3) is 0.526. The van der Waals surface area contributed by atoms with Gasteiger partial charge in [0, 0.05) is 36.6 Å². The quantitative estimate of drug-likeness (QED) is 0.894. The highest BCUT2D eigenvalue weighted by atomic mass is 16.2. The fourth-order valence-corrected chi connectivity index (χ4v) is 4.44. The molecular weight excluding hydrogens is 328 g/mol. The van der Waals surface area contributed by atoms with Crippen molar-refractivity contribution in [3.8, 4) is 6.07 Å². The summed E-state index contributed by atoms with van der Waals surface area (Å²) in [6.45, 7) is 2.22. The molecule has 4 rings (SSSR count). The molecule has 26 heavy (non-hydrogen) atoms. The first-order chi connectivity index (χ1) is 12.6. The Hall–Kier alpha value is -2.43. The summed E-state index contributed by atoms with van der Waals surface area (Å²) < 4.78 is 1.60. The second kappa shape index (κ2) is 6.71. The zero-order valence-electron chi connectivity index (χ0n) is 15.2. The number of nitrogens with one attached hydrogen (secondary N) is 1. The summed E-state index contributed by atoms with van der Waals surface area (Å²) in [7, 11) is 4.36. The number of likely N-dealkylation sites (N-methyl/N-ethyl adjacent to an activating group) is 2. The number of rotatable bonds is 3. The molecule has 2 aliphatic rings. The van der Waals surface area contributed by atoms with Gasteiger partial charge in [0.05, 0.1) is 11.6 Å². The maximum atomic E-state index is 12.9. The van der Waals surface area contributed by atoms with Crippen molar-refractivity contribution in [2.24, 2.45) is 0 Å². The number of carbonyl (C=O) groups is 1. The third kappa shape index (κ3) is 2.96. The fourth-order valence-electron chi connectivity index (χ4n) is 4.44. The third-order valence-corrected chi connectivity index (χ3v) is 5.74. The van der Waals surface area contributed by atoms with Crippen LogP contribution in [0.2, 0.25) is 0 Å².